The molecule has 1 fully saturated rings. The summed E-state index contributed by atoms with van der Waals surface area (Å²) < 4.78 is 32.0. The lowest BCUT2D eigenvalue weighted by atomic mass is 10.4. The highest BCUT2D eigenvalue weighted by Gasteiger charge is 2.21. The molecule has 2 heterocycles. The molecule has 0 unspecified atom stereocenters. The van der Waals surface area contributed by atoms with Gasteiger partial charge >= 0.3 is 0 Å². The largest absolute Gasteiger partial charge is 0.338 e. The normalized spacial score (nSPS) is 15.5. The van der Waals surface area contributed by atoms with Crippen LogP contribution in [0.4, 0.5) is 0 Å². The maximum absolute atomic E-state index is 12.2. The second-order valence-corrected chi connectivity index (χ2v) is 8.10. The first-order valence-corrected chi connectivity index (χ1v) is 8.94. The monoisotopic (exact) mass is 328 g/mol. The maximum atomic E-state index is 12.2. The van der Waals surface area contributed by atoms with E-state index < -0.39 is 10.0 Å². The number of nitrogens with one attached hydrogen (secondary N) is 2. The lowest BCUT2D eigenvalue weighted by Crippen LogP contribution is -2.22. The molecule has 114 valence electrons. The molecule has 7 nitrogen and oxygen atoms in total. The zero-order chi connectivity index (χ0) is 14.9. The predicted molar refractivity (Wildman–Crippen MR) is 77.2 cm³/mol. The third-order valence-electron chi connectivity index (χ3n) is 3.03. The van der Waals surface area contributed by atoms with Gasteiger partial charge in [0.2, 0.25) is 5.89 Å². The van der Waals surface area contributed by atoms with E-state index in [1.807, 2.05) is 6.07 Å². The zero-order valence-electron chi connectivity index (χ0n) is 11.5. The first-order chi connectivity index (χ1) is 10.0. The molecule has 1 aliphatic rings. The number of aryl methyl sites for hydroxylation is 1. The van der Waals surface area contributed by atoms with Crippen molar-refractivity contribution in [3.8, 4) is 0 Å². The van der Waals surface area contributed by atoms with Gasteiger partial charge in [-0.05, 0) is 31.9 Å². The van der Waals surface area contributed by atoms with Gasteiger partial charge in [-0.15, -0.1) is 11.3 Å². The molecular weight excluding hydrogens is 312 g/mol. The van der Waals surface area contributed by atoms with Gasteiger partial charge < -0.3 is 9.84 Å². The summed E-state index contributed by atoms with van der Waals surface area (Å²) in [4.78, 5) is 4.97. The molecule has 3 rings (SSSR count). The van der Waals surface area contributed by atoms with Gasteiger partial charge in [0.15, 0.2) is 5.82 Å². The van der Waals surface area contributed by atoms with Gasteiger partial charge in [-0.1, -0.05) is 5.16 Å². The quantitative estimate of drug-likeness (QED) is 0.792. The van der Waals surface area contributed by atoms with Crippen molar-refractivity contribution in [2.45, 2.75) is 43.1 Å². The Morgan fingerprint density at radius 3 is 2.86 bits per heavy atom. The van der Waals surface area contributed by atoms with Crippen LogP contribution in [0, 0.1) is 6.92 Å². The summed E-state index contributed by atoms with van der Waals surface area (Å²) in [6.45, 7) is 2.39. The molecule has 0 bridgehead atoms. The van der Waals surface area contributed by atoms with E-state index in [0.29, 0.717) is 22.6 Å². The second-order valence-electron chi connectivity index (χ2n) is 4.94. The van der Waals surface area contributed by atoms with Gasteiger partial charge in [-0.3, -0.25) is 0 Å². The molecule has 0 spiro atoms. The van der Waals surface area contributed by atoms with Crippen molar-refractivity contribution in [3.63, 3.8) is 0 Å². The Balaban J connectivity index is 1.60. The summed E-state index contributed by atoms with van der Waals surface area (Å²) in [7, 11) is -3.54. The lowest BCUT2D eigenvalue weighted by Gasteiger charge is -2.01. The van der Waals surface area contributed by atoms with Crippen molar-refractivity contribution < 1.29 is 12.9 Å². The van der Waals surface area contributed by atoms with Gasteiger partial charge in [0, 0.05) is 17.5 Å². The van der Waals surface area contributed by atoms with Crippen LogP contribution in [0.5, 0.6) is 0 Å². The Bertz CT molecular complexity index is 718. The van der Waals surface area contributed by atoms with Gasteiger partial charge in [0.25, 0.3) is 10.0 Å². The van der Waals surface area contributed by atoms with Gasteiger partial charge in [0.1, 0.15) is 4.21 Å². The molecular formula is C12H16N4O3S2. The first-order valence-electron chi connectivity index (χ1n) is 6.64. The van der Waals surface area contributed by atoms with E-state index in [0.717, 1.165) is 4.88 Å². The number of rotatable bonds is 7. The highest BCUT2D eigenvalue weighted by atomic mass is 32.2. The van der Waals surface area contributed by atoms with E-state index in [2.05, 4.69) is 20.2 Å². The van der Waals surface area contributed by atoms with E-state index >= 15 is 0 Å². The number of hydrogen-bond acceptors (Lipinski definition) is 7. The fraction of sp³-hybridized carbons (Fsp3) is 0.500. The van der Waals surface area contributed by atoms with E-state index in [-0.39, 0.29) is 12.4 Å². The summed E-state index contributed by atoms with van der Waals surface area (Å²) in [6.07, 6.45) is 2.42. The SMILES string of the molecule is Cc1noc(CNS(=O)(=O)c2ccc(CNC3CC3)s2)n1. The molecule has 0 aliphatic heterocycles. The molecule has 1 saturated carbocycles. The van der Waals surface area contributed by atoms with Gasteiger partial charge in [-0.2, -0.15) is 4.98 Å². The van der Waals surface area contributed by atoms with Crippen LogP contribution in [0.1, 0.15) is 29.4 Å². The number of hydrogen-bond donors (Lipinski definition) is 2. The molecule has 0 aromatic carbocycles. The summed E-state index contributed by atoms with van der Waals surface area (Å²) in [6, 6.07) is 4.06. The Labute approximate surface area is 126 Å². The average molecular weight is 328 g/mol. The summed E-state index contributed by atoms with van der Waals surface area (Å²) in [5.41, 5.74) is 0. The van der Waals surface area contributed by atoms with E-state index in [1.54, 1.807) is 13.0 Å². The molecule has 21 heavy (non-hydrogen) atoms. The number of thiophene rings is 1. The molecule has 0 saturated heterocycles. The molecule has 0 atom stereocenters. The van der Waals surface area contributed by atoms with Gasteiger partial charge in [-0.25, -0.2) is 13.1 Å². The molecule has 0 amide bonds. The number of nitrogens with zero attached hydrogens (tertiary/aromatic N) is 2. The topological polar surface area (TPSA) is 97.1 Å². The third-order valence-corrected chi connectivity index (χ3v) is 6.01. The van der Waals surface area contributed by atoms with E-state index in [1.165, 1.54) is 24.2 Å². The highest BCUT2D eigenvalue weighted by Crippen LogP contribution is 2.24. The van der Waals surface area contributed by atoms with Crippen LogP contribution >= 0.6 is 11.3 Å². The number of aromatic nitrogens is 2. The minimum Gasteiger partial charge on any atom is -0.338 e. The highest BCUT2D eigenvalue weighted by molar-refractivity contribution is 7.91. The molecule has 9 heteroatoms. The van der Waals surface area contributed by atoms with Crippen molar-refractivity contribution in [1.29, 1.82) is 0 Å². The minimum atomic E-state index is -3.54. The average Bonchev–Trinajstić information content (AvgIpc) is 2.97. The fourth-order valence-electron chi connectivity index (χ4n) is 1.77. The van der Waals surface area contributed by atoms with Crippen LogP contribution in [0.3, 0.4) is 0 Å². The predicted octanol–water partition coefficient (Wildman–Crippen LogP) is 1.17. The summed E-state index contributed by atoms with van der Waals surface area (Å²) >= 11 is 1.27. The van der Waals surface area contributed by atoms with Crippen molar-refractivity contribution in [2.75, 3.05) is 0 Å². The van der Waals surface area contributed by atoms with Gasteiger partial charge in [0.05, 0.1) is 6.54 Å². The molecule has 0 radical (unpaired) electrons. The molecule has 1 aliphatic carbocycles. The lowest BCUT2D eigenvalue weighted by molar-refractivity contribution is 0.372. The Kier molecular flexibility index (Phi) is 4.07. The van der Waals surface area contributed by atoms with Crippen LogP contribution in [-0.4, -0.2) is 24.6 Å². The van der Waals surface area contributed by atoms with Crippen LogP contribution in [-0.2, 0) is 23.1 Å². The van der Waals surface area contributed by atoms with Crippen molar-refractivity contribution in [1.82, 2.24) is 20.2 Å². The number of sulfonamides is 1. The fourth-order valence-corrected chi connectivity index (χ4v) is 4.10. The van der Waals surface area contributed by atoms with E-state index in [9.17, 15) is 8.42 Å². The summed E-state index contributed by atoms with van der Waals surface area (Å²) in [5, 5.41) is 6.97. The van der Waals surface area contributed by atoms with Crippen molar-refractivity contribution >= 4 is 21.4 Å². The van der Waals surface area contributed by atoms with Crippen LogP contribution in [0.15, 0.2) is 20.9 Å². The zero-order valence-corrected chi connectivity index (χ0v) is 13.1. The standard InChI is InChI=1S/C12H16N4O3S2/c1-8-15-11(19-16-8)7-14-21(17,18)12-5-4-10(20-12)6-13-9-2-3-9/h4-5,9,13-14H,2-3,6-7H2,1H3. The molecule has 2 aromatic heterocycles. The Morgan fingerprint density at radius 2 is 2.19 bits per heavy atom. The third kappa shape index (κ3) is 3.88. The second kappa shape index (κ2) is 5.84. The Morgan fingerprint density at radius 1 is 1.38 bits per heavy atom. The molecule has 2 aromatic rings. The van der Waals surface area contributed by atoms with Crippen LogP contribution in [0.25, 0.3) is 0 Å². The molecule has 2 N–H and O–H groups in total. The minimum absolute atomic E-state index is 0.00324. The maximum Gasteiger partial charge on any atom is 0.250 e. The Hall–Kier alpha value is -1.29. The van der Waals surface area contributed by atoms with Crippen LogP contribution < -0.4 is 10.0 Å². The van der Waals surface area contributed by atoms with Crippen molar-refractivity contribution in [2.24, 2.45) is 0 Å². The first kappa shape index (κ1) is 14.6. The van der Waals surface area contributed by atoms with E-state index in [4.69, 9.17) is 4.52 Å². The smallest absolute Gasteiger partial charge is 0.250 e. The van der Waals surface area contributed by atoms with Crippen molar-refractivity contribution in [3.05, 3.63) is 28.7 Å². The van der Waals surface area contributed by atoms with Crippen LogP contribution in [0.2, 0.25) is 0 Å². The summed E-state index contributed by atoms with van der Waals surface area (Å²) in [5.74, 6) is 0.733.